The number of H-pyrrole nitrogens is 1. The molecule has 0 fully saturated rings. The van der Waals surface area contributed by atoms with Crippen molar-refractivity contribution in [3.8, 4) is 0 Å². The summed E-state index contributed by atoms with van der Waals surface area (Å²) >= 11 is 0. The van der Waals surface area contributed by atoms with Gasteiger partial charge in [0.15, 0.2) is 0 Å². The van der Waals surface area contributed by atoms with E-state index in [1.807, 2.05) is 0 Å². The number of fused-ring (bicyclic) bond motifs is 3. The Balaban J connectivity index is 2.10. The van der Waals surface area contributed by atoms with E-state index >= 15 is 0 Å². The summed E-state index contributed by atoms with van der Waals surface area (Å²) in [6.45, 7) is 9.25. The summed E-state index contributed by atoms with van der Waals surface area (Å²) in [5.74, 6) is 0. The molecular formula is C15H21N2+. The molecule has 0 saturated carbocycles. The van der Waals surface area contributed by atoms with Crippen LogP contribution in [-0.2, 0) is 13.0 Å². The van der Waals surface area contributed by atoms with Crippen LogP contribution in [0.4, 0.5) is 0 Å². The normalized spacial score (nSPS) is 19.9. The minimum Gasteiger partial charge on any atom is -0.358 e. The molecule has 1 aromatic carbocycles. The molecule has 2 heterocycles. The quantitative estimate of drug-likeness (QED) is 0.744. The number of aromatic nitrogens is 1. The molecule has 2 heteroatoms. The molecule has 1 atom stereocenters. The van der Waals surface area contributed by atoms with Gasteiger partial charge in [0, 0.05) is 28.6 Å². The van der Waals surface area contributed by atoms with E-state index < -0.39 is 0 Å². The lowest BCUT2D eigenvalue weighted by Gasteiger charge is -2.27. The van der Waals surface area contributed by atoms with Crippen molar-refractivity contribution in [3.63, 3.8) is 0 Å². The topological polar surface area (TPSA) is 20.2 Å². The van der Waals surface area contributed by atoms with Gasteiger partial charge in [0.2, 0.25) is 0 Å². The Morgan fingerprint density at radius 1 is 1.29 bits per heavy atom. The predicted octanol–water partition coefficient (Wildman–Crippen LogP) is 1.83. The number of aromatic amines is 1. The monoisotopic (exact) mass is 229 g/mol. The first-order valence-corrected chi connectivity index (χ1v) is 6.60. The highest BCUT2D eigenvalue weighted by molar-refractivity contribution is 5.85. The van der Waals surface area contributed by atoms with Gasteiger partial charge in [0.1, 0.15) is 6.54 Å². The van der Waals surface area contributed by atoms with Crippen LogP contribution in [0.15, 0.2) is 18.2 Å². The Labute approximate surface area is 103 Å². The van der Waals surface area contributed by atoms with E-state index in [9.17, 15) is 0 Å². The molecule has 2 nitrogen and oxygen atoms in total. The van der Waals surface area contributed by atoms with Gasteiger partial charge in [-0.3, -0.25) is 0 Å². The molecule has 0 saturated heterocycles. The minimum atomic E-state index is 0.720. The summed E-state index contributed by atoms with van der Waals surface area (Å²) in [6, 6.07) is 7.46. The Hall–Kier alpha value is -1.28. The molecule has 1 unspecified atom stereocenters. The average molecular weight is 229 g/mol. The van der Waals surface area contributed by atoms with Gasteiger partial charge in [0.25, 0.3) is 0 Å². The fourth-order valence-electron chi connectivity index (χ4n) is 2.93. The highest BCUT2D eigenvalue weighted by atomic mass is 15.2. The van der Waals surface area contributed by atoms with Crippen LogP contribution in [-0.4, -0.2) is 17.6 Å². The van der Waals surface area contributed by atoms with E-state index in [4.69, 9.17) is 0 Å². The van der Waals surface area contributed by atoms with Crippen LogP contribution in [0.25, 0.3) is 10.9 Å². The molecule has 3 rings (SSSR count). The molecule has 0 spiro atoms. The molecule has 2 aromatic rings. The van der Waals surface area contributed by atoms with E-state index in [-0.39, 0.29) is 0 Å². The van der Waals surface area contributed by atoms with Crippen molar-refractivity contribution in [2.75, 3.05) is 6.54 Å². The van der Waals surface area contributed by atoms with Gasteiger partial charge in [-0.2, -0.15) is 0 Å². The standard InChI is InChI=1S/C15H20N2/c1-10(2)17-7-6-15-13(9-17)12-8-11(3)4-5-14(12)16-15/h4-5,8,10,16H,6-7,9H2,1-3H3/p+1. The number of aryl methyl sites for hydroxylation is 1. The minimum absolute atomic E-state index is 0.720. The van der Waals surface area contributed by atoms with E-state index in [2.05, 4.69) is 44.0 Å². The maximum Gasteiger partial charge on any atom is 0.105 e. The molecular weight excluding hydrogens is 208 g/mol. The van der Waals surface area contributed by atoms with Crippen molar-refractivity contribution in [2.24, 2.45) is 0 Å². The van der Waals surface area contributed by atoms with E-state index in [1.165, 1.54) is 41.7 Å². The Morgan fingerprint density at radius 2 is 2.12 bits per heavy atom. The van der Waals surface area contributed by atoms with Crippen LogP contribution in [0, 0.1) is 6.92 Å². The van der Waals surface area contributed by atoms with Gasteiger partial charge in [-0.25, -0.2) is 0 Å². The first kappa shape index (κ1) is 10.8. The average Bonchev–Trinajstić information content (AvgIpc) is 2.66. The third kappa shape index (κ3) is 1.77. The van der Waals surface area contributed by atoms with Gasteiger partial charge in [-0.1, -0.05) is 11.6 Å². The molecule has 1 aromatic heterocycles. The maximum absolute atomic E-state index is 3.59. The SMILES string of the molecule is Cc1ccc2[nH]c3c(c2c1)C[NH+](C(C)C)CC3. The van der Waals surface area contributed by atoms with Crippen LogP contribution >= 0.6 is 0 Å². The second-order valence-electron chi connectivity index (χ2n) is 5.62. The summed E-state index contributed by atoms with van der Waals surface area (Å²) in [7, 11) is 0. The van der Waals surface area contributed by atoms with Gasteiger partial charge < -0.3 is 9.88 Å². The van der Waals surface area contributed by atoms with Crippen LogP contribution in [0.5, 0.6) is 0 Å². The van der Waals surface area contributed by atoms with Crippen LogP contribution in [0.3, 0.4) is 0 Å². The number of benzene rings is 1. The predicted molar refractivity (Wildman–Crippen MR) is 71.4 cm³/mol. The maximum atomic E-state index is 3.59. The molecule has 0 amide bonds. The molecule has 17 heavy (non-hydrogen) atoms. The van der Waals surface area contributed by atoms with E-state index in [0.29, 0.717) is 0 Å². The fraction of sp³-hybridized carbons (Fsp3) is 0.467. The summed E-state index contributed by atoms with van der Waals surface area (Å²) in [5.41, 5.74) is 5.69. The zero-order chi connectivity index (χ0) is 12.0. The number of rotatable bonds is 1. The number of hydrogen-bond donors (Lipinski definition) is 2. The highest BCUT2D eigenvalue weighted by Gasteiger charge is 2.24. The van der Waals surface area contributed by atoms with E-state index in [0.717, 1.165) is 6.04 Å². The lowest BCUT2D eigenvalue weighted by Crippen LogP contribution is -3.14. The molecule has 0 aliphatic carbocycles. The smallest absolute Gasteiger partial charge is 0.105 e. The van der Waals surface area contributed by atoms with Crippen molar-refractivity contribution < 1.29 is 4.90 Å². The molecule has 1 aliphatic rings. The molecule has 2 N–H and O–H groups in total. The molecule has 90 valence electrons. The first-order valence-electron chi connectivity index (χ1n) is 6.60. The van der Waals surface area contributed by atoms with E-state index in [1.54, 1.807) is 10.5 Å². The summed E-state index contributed by atoms with van der Waals surface area (Å²) in [6.07, 6.45) is 1.19. The second kappa shape index (κ2) is 3.88. The fourth-order valence-corrected chi connectivity index (χ4v) is 2.93. The van der Waals surface area contributed by atoms with Gasteiger partial charge >= 0.3 is 0 Å². The summed E-state index contributed by atoms with van der Waals surface area (Å²) < 4.78 is 0. The van der Waals surface area contributed by atoms with Gasteiger partial charge in [0.05, 0.1) is 12.6 Å². The molecule has 0 radical (unpaired) electrons. The second-order valence-corrected chi connectivity index (χ2v) is 5.62. The third-order valence-corrected chi connectivity index (χ3v) is 4.07. The first-order chi connectivity index (χ1) is 8.15. The molecule has 0 bridgehead atoms. The zero-order valence-corrected chi connectivity index (χ0v) is 10.9. The number of quaternary nitrogens is 1. The highest BCUT2D eigenvalue weighted by Crippen LogP contribution is 2.24. The molecule has 1 aliphatic heterocycles. The lowest BCUT2D eigenvalue weighted by atomic mass is 10.0. The Bertz CT molecular complexity index is 551. The van der Waals surface area contributed by atoms with Crippen molar-refractivity contribution in [2.45, 2.75) is 39.8 Å². The van der Waals surface area contributed by atoms with Crippen molar-refractivity contribution >= 4 is 10.9 Å². The lowest BCUT2D eigenvalue weighted by molar-refractivity contribution is -0.936. The zero-order valence-electron chi connectivity index (χ0n) is 10.9. The van der Waals surface area contributed by atoms with Crippen LogP contribution in [0.1, 0.15) is 30.7 Å². The van der Waals surface area contributed by atoms with Gasteiger partial charge in [-0.05, 0) is 32.9 Å². The third-order valence-electron chi connectivity index (χ3n) is 4.07. The van der Waals surface area contributed by atoms with Crippen molar-refractivity contribution in [1.82, 2.24) is 4.98 Å². The van der Waals surface area contributed by atoms with Crippen molar-refractivity contribution in [1.29, 1.82) is 0 Å². The summed E-state index contributed by atoms with van der Waals surface area (Å²) in [5, 5.41) is 1.44. The summed E-state index contributed by atoms with van der Waals surface area (Å²) in [4.78, 5) is 5.30. The number of hydrogen-bond acceptors (Lipinski definition) is 0. The van der Waals surface area contributed by atoms with Gasteiger partial charge in [-0.15, -0.1) is 0 Å². The Kier molecular flexibility index (Phi) is 2.48. The van der Waals surface area contributed by atoms with Crippen LogP contribution < -0.4 is 4.90 Å². The largest absolute Gasteiger partial charge is 0.358 e. The number of nitrogens with one attached hydrogen (secondary N) is 2. The van der Waals surface area contributed by atoms with Crippen LogP contribution in [0.2, 0.25) is 0 Å². The van der Waals surface area contributed by atoms with Crippen molar-refractivity contribution in [3.05, 3.63) is 35.0 Å². The Morgan fingerprint density at radius 3 is 2.88 bits per heavy atom.